The first-order chi connectivity index (χ1) is 9.45. The molecule has 0 bridgehead atoms. The fourth-order valence-corrected chi connectivity index (χ4v) is 2.97. The summed E-state index contributed by atoms with van der Waals surface area (Å²) in [4.78, 5) is 30.6. The number of rotatable bonds is 5. The maximum absolute atomic E-state index is 11.6. The molecule has 1 unspecified atom stereocenters. The number of thiazole rings is 1. The summed E-state index contributed by atoms with van der Waals surface area (Å²) >= 11 is 1.48. The Balaban J connectivity index is 1.87. The Labute approximate surface area is 122 Å². The van der Waals surface area contributed by atoms with Gasteiger partial charge in [0.05, 0.1) is 18.0 Å². The summed E-state index contributed by atoms with van der Waals surface area (Å²) in [5, 5.41) is 11.7. The van der Waals surface area contributed by atoms with Crippen LogP contribution in [0.5, 0.6) is 0 Å². The summed E-state index contributed by atoms with van der Waals surface area (Å²) in [7, 11) is 3.46. The number of aromatic nitrogens is 1. The van der Waals surface area contributed by atoms with E-state index in [2.05, 4.69) is 9.88 Å². The average Bonchev–Trinajstić information content (AvgIpc) is 2.99. The van der Waals surface area contributed by atoms with Crippen molar-refractivity contribution in [3.05, 3.63) is 16.1 Å². The van der Waals surface area contributed by atoms with Crippen molar-refractivity contribution in [2.45, 2.75) is 19.4 Å². The maximum Gasteiger partial charge on any atom is 0.307 e. The van der Waals surface area contributed by atoms with Gasteiger partial charge in [0, 0.05) is 32.6 Å². The van der Waals surface area contributed by atoms with E-state index in [9.17, 15) is 9.59 Å². The molecule has 7 heteroatoms. The average molecular weight is 297 g/mol. The van der Waals surface area contributed by atoms with Crippen LogP contribution >= 0.6 is 11.3 Å². The molecule has 2 rings (SSSR count). The third-order valence-electron chi connectivity index (χ3n) is 3.41. The van der Waals surface area contributed by atoms with E-state index in [1.54, 1.807) is 19.0 Å². The Morgan fingerprint density at radius 3 is 2.90 bits per heavy atom. The van der Waals surface area contributed by atoms with Crippen LogP contribution in [0.1, 0.15) is 17.1 Å². The molecule has 1 aromatic heterocycles. The molecular weight excluding hydrogens is 278 g/mol. The van der Waals surface area contributed by atoms with Crippen molar-refractivity contribution in [1.29, 1.82) is 0 Å². The minimum Gasteiger partial charge on any atom is -0.481 e. The Kier molecular flexibility index (Phi) is 4.72. The SMILES string of the molecule is CN(C)C(=O)Cc1nc(CN2CCC(C(=O)O)C2)cs1. The second-order valence-corrected chi connectivity index (χ2v) is 6.20. The van der Waals surface area contributed by atoms with Gasteiger partial charge in [-0.15, -0.1) is 11.3 Å². The van der Waals surface area contributed by atoms with Crippen molar-refractivity contribution in [2.75, 3.05) is 27.2 Å². The zero-order chi connectivity index (χ0) is 14.7. The summed E-state index contributed by atoms with van der Waals surface area (Å²) in [5.41, 5.74) is 0.919. The smallest absolute Gasteiger partial charge is 0.307 e. The van der Waals surface area contributed by atoms with E-state index in [0.717, 1.165) is 17.2 Å². The van der Waals surface area contributed by atoms with Gasteiger partial charge in [0.25, 0.3) is 0 Å². The maximum atomic E-state index is 11.6. The summed E-state index contributed by atoms with van der Waals surface area (Å²) in [6.07, 6.45) is 1.03. The lowest BCUT2D eigenvalue weighted by molar-refractivity contribution is -0.141. The summed E-state index contributed by atoms with van der Waals surface area (Å²) < 4.78 is 0. The van der Waals surface area contributed by atoms with E-state index in [-0.39, 0.29) is 11.8 Å². The molecule has 1 aliphatic rings. The molecule has 6 nitrogen and oxygen atoms in total. The molecule has 1 N–H and O–H groups in total. The number of aliphatic carboxylic acids is 1. The molecule has 0 aromatic carbocycles. The lowest BCUT2D eigenvalue weighted by atomic mass is 10.1. The van der Waals surface area contributed by atoms with Gasteiger partial charge in [0.1, 0.15) is 5.01 Å². The molecule has 1 saturated heterocycles. The molecular formula is C13H19N3O3S. The highest BCUT2D eigenvalue weighted by Gasteiger charge is 2.28. The molecule has 2 heterocycles. The zero-order valence-electron chi connectivity index (χ0n) is 11.7. The molecule has 0 saturated carbocycles. The summed E-state index contributed by atoms with van der Waals surface area (Å²) in [6.45, 7) is 2.04. The van der Waals surface area contributed by atoms with Crippen molar-refractivity contribution in [1.82, 2.24) is 14.8 Å². The Morgan fingerprint density at radius 1 is 1.55 bits per heavy atom. The predicted molar refractivity (Wildman–Crippen MR) is 75.5 cm³/mol. The van der Waals surface area contributed by atoms with Crippen molar-refractivity contribution in [3.63, 3.8) is 0 Å². The standard InChI is InChI=1S/C13H19N3O3S/c1-15(2)12(17)5-11-14-10(8-20-11)7-16-4-3-9(6-16)13(18)19/h8-9H,3-7H2,1-2H3,(H,18,19). The van der Waals surface area contributed by atoms with Gasteiger partial charge in [0.15, 0.2) is 0 Å². The first-order valence-electron chi connectivity index (χ1n) is 6.54. The molecule has 1 fully saturated rings. The van der Waals surface area contributed by atoms with Crippen LogP contribution in [-0.2, 0) is 22.6 Å². The molecule has 0 aliphatic carbocycles. The first kappa shape index (κ1) is 14.9. The molecule has 20 heavy (non-hydrogen) atoms. The zero-order valence-corrected chi connectivity index (χ0v) is 12.5. The second-order valence-electron chi connectivity index (χ2n) is 5.26. The summed E-state index contributed by atoms with van der Waals surface area (Å²) in [5.74, 6) is -0.940. The van der Waals surface area contributed by atoms with E-state index in [1.807, 2.05) is 5.38 Å². The Morgan fingerprint density at radius 2 is 2.30 bits per heavy atom. The molecule has 1 aromatic rings. The Bertz CT molecular complexity index is 501. The van der Waals surface area contributed by atoms with Crippen molar-refractivity contribution >= 4 is 23.2 Å². The number of carboxylic acids is 1. The van der Waals surface area contributed by atoms with Crippen LogP contribution in [0, 0.1) is 5.92 Å². The van der Waals surface area contributed by atoms with Crippen LogP contribution in [0.2, 0.25) is 0 Å². The molecule has 1 amide bonds. The van der Waals surface area contributed by atoms with E-state index >= 15 is 0 Å². The quantitative estimate of drug-likeness (QED) is 0.865. The number of carboxylic acid groups (broad SMARTS) is 1. The van der Waals surface area contributed by atoms with E-state index in [1.165, 1.54) is 11.3 Å². The van der Waals surface area contributed by atoms with Crippen LogP contribution in [0.4, 0.5) is 0 Å². The van der Waals surface area contributed by atoms with Gasteiger partial charge in [-0.25, -0.2) is 4.98 Å². The fraction of sp³-hybridized carbons (Fsp3) is 0.615. The summed E-state index contributed by atoms with van der Waals surface area (Å²) in [6, 6.07) is 0. The highest BCUT2D eigenvalue weighted by molar-refractivity contribution is 7.09. The lowest BCUT2D eigenvalue weighted by Gasteiger charge is -2.13. The van der Waals surface area contributed by atoms with Gasteiger partial charge < -0.3 is 10.0 Å². The predicted octanol–water partition coefficient (Wildman–Crippen LogP) is 0.680. The lowest BCUT2D eigenvalue weighted by Crippen LogP contribution is -2.24. The first-order valence-corrected chi connectivity index (χ1v) is 7.42. The molecule has 110 valence electrons. The highest BCUT2D eigenvalue weighted by atomic mass is 32.1. The molecule has 1 aliphatic heterocycles. The van der Waals surface area contributed by atoms with Gasteiger partial charge in [0.2, 0.25) is 5.91 Å². The highest BCUT2D eigenvalue weighted by Crippen LogP contribution is 2.20. The minimum absolute atomic E-state index is 0.0398. The van der Waals surface area contributed by atoms with Gasteiger partial charge in [-0.2, -0.15) is 0 Å². The monoisotopic (exact) mass is 297 g/mol. The van der Waals surface area contributed by atoms with Crippen LogP contribution in [0.25, 0.3) is 0 Å². The molecule has 0 spiro atoms. The van der Waals surface area contributed by atoms with Crippen molar-refractivity contribution < 1.29 is 14.7 Å². The third kappa shape index (κ3) is 3.77. The number of amides is 1. The van der Waals surface area contributed by atoms with Crippen LogP contribution in [-0.4, -0.2) is 59.0 Å². The van der Waals surface area contributed by atoms with Gasteiger partial charge in [-0.1, -0.05) is 0 Å². The van der Waals surface area contributed by atoms with Gasteiger partial charge in [-0.3, -0.25) is 14.5 Å². The third-order valence-corrected chi connectivity index (χ3v) is 4.31. The second kappa shape index (κ2) is 6.32. The molecule has 1 atom stereocenters. The van der Waals surface area contributed by atoms with Crippen molar-refractivity contribution in [3.8, 4) is 0 Å². The van der Waals surface area contributed by atoms with E-state index in [4.69, 9.17) is 5.11 Å². The molecule has 0 radical (unpaired) electrons. The number of likely N-dealkylation sites (N-methyl/N-ethyl adjacent to an activating group) is 1. The van der Waals surface area contributed by atoms with Crippen molar-refractivity contribution in [2.24, 2.45) is 5.92 Å². The topological polar surface area (TPSA) is 73.7 Å². The minimum atomic E-state index is -0.719. The van der Waals surface area contributed by atoms with Crippen LogP contribution in [0.3, 0.4) is 0 Å². The normalized spacial score (nSPS) is 19.2. The fourth-order valence-electron chi connectivity index (χ4n) is 2.20. The number of carbonyl (C=O) groups excluding carboxylic acids is 1. The van der Waals surface area contributed by atoms with Gasteiger partial charge in [-0.05, 0) is 13.0 Å². The number of nitrogens with zero attached hydrogens (tertiary/aromatic N) is 3. The number of hydrogen-bond acceptors (Lipinski definition) is 5. The van der Waals surface area contributed by atoms with E-state index in [0.29, 0.717) is 25.9 Å². The number of hydrogen-bond donors (Lipinski definition) is 1. The largest absolute Gasteiger partial charge is 0.481 e. The van der Waals surface area contributed by atoms with Crippen LogP contribution in [0.15, 0.2) is 5.38 Å². The number of likely N-dealkylation sites (tertiary alicyclic amines) is 1. The van der Waals surface area contributed by atoms with Crippen LogP contribution < -0.4 is 0 Å². The van der Waals surface area contributed by atoms with E-state index < -0.39 is 5.97 Å². The Hall–Kier alpha value is -1.47. The van der Waals surface area contributed by atoms with Gasteiger partial charge >= 0.3 is 5.97 Å². The number of carbonyl (C=O) groups is 2.